The number of hydrogen-bond donors (Lipinski definition) is 2. The summed E-state index contributed by atoms with van der Waals surface area (Å²) in [4.78, 5) is 11.8. The second-order valence-corrected chi connectivity index (χ2v) is 4.49. The lowest BCUT2D eigenvalue weighted by Gasteiger charge is -2.23. The van der Waals surface area contributed by atoms with Gasteiger partial charge < -0.3 is 20.1 Å². The highest BCUT2D eigenvalue weighted by Crippen LogP contribution is 2.16. The second-order valence-electron chi connectivity index (χ2n) is 4.49. The summed E-state index contributed by atoms with van der Waals surface area (Å²) in [6, 6.07) is 7.66. The number of benzene rings is 1. The van der Waals surface area contributed by atoms with E-state index < -0.39 is 0 Å². The van der Waals surface area contributed by atoms with Crippen molar-refractivity contribution in [3.8, 4) is 5.75 Å². The first-order chi connectivity index (χ1) is 9.29. The van der Waals surface area contributed by atoms with Crippen LogP contribution in [0, 0.1) is 0 Å². The third-order valence-corrected chi connectivity index (χ3v) is 3.09. The van der Waals surface area contributed by atoms with Gasteiger partial charge >= 0.3 is 0 Å². The normalized spacial score (nSPS) is 17.9. The lowest BCUT2D eigenvalue weighted by molar-refractivity contribution is -0.124. The average molecular weight is 301 g/mol. The Balaban J connectivity index is 0.00000200. The van der Waals surface area contributed by atoms with E-state index >= 15 is 0 Å². The van der Waals surface area contributed by atoms with Crippen molar-refractivity contribution in [2.24, 2.45) is 0 Å². The number of morpholine rings is 1. The summed E-state index contributed by atoms with van der Waals surface area (Å²) < 4.78 is 10.7. The number of para-hydroxylation sites is 1. The van der Waals surface area contributed by atoms with Crippen molar-refractivity contribution < 1.29 is 14.3 Å². The molecule has 0 aliphatic carbocycles. The van der Waals surface area contributed by atoms with Crippen molar-refractivity contribution >= 4 is 18.3 Å². The summed E-state index contributed by atoms with van der Waals surface area (Å²) in [5, 5.41) is 6.10. The SMILES string of the molecule is COc1ccccc1CNC(=O)CC1CNCCO1.Cl. The first-order valence-corrected chi connectivity index (χ1v) is 6.50. The first kappa shape index (κ1) is 16.8. The van der Waals surface area contributed by atoms with Crippen LogP contribution >= 0.6 is 12.4 Å². The molecule has 1 saturated heterocycles. The summed E-state index contributed by atoms with van der Waals surface area (Å²) in [6.07, 6.45) is 0.369. The number of hydrogen-bond acceptors (Lipinski definition) is 4. The van der Waals surface area contributed by atoms with E-state index in [4.69, 9.17) is 9.47 Å². The molecule has 1 heterocycles. The minimum Gasteiger partial charge on any atom is -0.496 e. The first-order valence-electron chi connectivity index (χ1n) is 6.50. The predicted molar refractivity (Wildman–Crippen MR) is 79.3 cm³/mol. The number of halogens is 1. The fraction of sp³-hybridized carbons (Fsp3) is 0.500. The molecule has 0 bridgehead atoms. The van der Waals surface area contributed by atoms with Crippen molar-refractivity contribution in [1.82, 2.24) is 10.6 Å². The molecular weight excluding hydrogens is 280 g/mol. The number of carbonyl (C=O) groups is 1. The Kier molecular flexibility index (Phi) is 7.36. The molecule has 6 heteroatoms. The molecule has 0 aromatic heterocycles. The van der Waals surface area contributed by atoms with Crippen molar-refractivity contribution in [2.45, 2.75) is 19.1 Å². The molecule has 1 unspecified atom stereocenters. The van der Waals surface area contributed by atoms with E-state index in [0.717, 1.165) is 24.4 Å². The Labute approximate surface area is 125 Å². The topological polar surface area (TPSA) is 59.6 Å². The van der Waals surface area contributed by atoms with Crippen LogP contribution in [-0.2, 0) is 16.1 Å². The molecule has 2 N–H and O–H groups in total. The molecule has 1 atom stereocenters. The number of ether oxygens (including phenoxy) is 2. The summed E-state index contributed by atoms with van der Waals surface area (Å²) in [7, 11) is 1.63. The van der Waals surface area contributed by atoms with Crippen LogP contribution in [0.25, 0.3) is 0 Å². The molecule has 1 aliphatic heterocycles. The molecule has 0 saturated carbocycles. The lowest BCUT2D eigenvalue weighted by Crippen LogP contribution is -2.41. The average Bonchev–Trinajstić information content (AvgIpc) is 2.46. The van der Waals surface area contributed by atoms with Gasteiger partial charge in [0.05, 0.1) is 26.2 Å². The number of nitrogens with one attached hydrogen (secondary N) is 2. The molecule has 1 aromatic rings. The third kappa shape index (κ3) is 5.00. The zero-order chi connectivity index (χ0) is 13.5. The molecular formula is C14H21ClN2O3. The van der Waals surface area contributed by atoms with E-state index in [1.807, 2.05) is 24.3 Å². The van der Waals surface area contributed by atoms with Crippen LogP contribution in [0.3, 0.4) is 0 Å². The van der Waals surface area contributed by atoms with E-state index in [9.17, 15) is 4.79 Å². The standard InChI is InChI=1S/C14H20N2O3.ClH/c1-18-13-5-3-2-4-11(13)9-16-14(17)8-12-10-15-6-7-19-12;/h2-5,12,15H,6-10H2,1H3,(H,16,17);1H. The molecule has 0 spiro atoms. The van der Waals surface area contributed by atoms with Gasteiger partial charge in [-0.05, 0) is 6.07 Å². The molecule has 2 rings (SSSR count). The van der Waals surface area contributed by atoms with E-state index in [0.29, 0.717) is 19.6 Å². The maximum Gasteiger partial charge on any atom is 0.222 e. The summed E-state index contributed by atoms with van der Waals surface area (Å²) in [5.41, 5.74) is 0.973. The van der Waals surface area contributed by atoms with Crippen LogP contribution < -0.4 is 15.4 Å². The molecule has 20 heavy (non-hydrogen) atoms. The fourth-order valence-corrected chi connectivity index (χ4v) is 2.07. The van der Waals surface area contributed by atoms with Gasteiger partial charge in [0.2, 0.25) is 5.91 Å². The Morgan fingerprint density at radius 1 is 1.50 bits per heavy atom. The van der Waals surface area contributed by atoms with Crippen LogP contribution in [0.1, 0.15) is 12.0 Å². The highest BCUT2D eigenvalue weighted by molar-refractivity contribution is 5.85. The lowest BCUT2D eigenvalue weighted by atomic mass is 10.2. The molecule has 1 aliphatic rings. The van der Waals surface area contributed by atoms with Gasteiger partial charge in [-0.3, -0.25) is 4.79 Å². The third-order valence-electron chi connectivity index (χ3n) is 3.09. The highest BCUT2D eigenvalue weighted by Gasteiger charge is 2.17. The molecule has 1 aromatic carbocycles. The summed E-state index contributed by atoms with van der Waals surface area (Å²) >= 11 is 0. The molecule has 5 nitrogen and oxygen atoms in total. The van der Waals surface area contributed by atoms with Gasteiger partial charge in [-0.25, -0.2) is 0 Å². The van der Waals surface area contributed by atoms with Crippen LogP contribution in [-0.4, -0.2) is 38.8 Å². The van der Waals surface area contributed by atoms with Gasteiger partial charge in [-0.2, -0.15) is 0 Å². The van der Waals surface area contributed by atoms with Crippen molar-refractivity contribution in [2.75, 3.05) is 26.8 Å². The number of carbonyl (C=O) groups excluding carboxylic acids is 1. The molecule has 1 fully saturated rings. The maximum absolute atomic E-state index is 11.8. The van der Waals surface area contributed by atoms with Gasteiger partial charge in [0, 0.05) is 25.2 Å². The smallest absolute Gasteiger partial charge is 0.222 e. The largest absolute Gasteiger partial charge is 0.496 e. The second kappa shape index (κ2) is 8.79. The van der Waals surface area contributed by atoms with E-state index in [2.05, 4.69) is 10.6 Å². The highest BCUT2D eigenvalue weighted by atomic mass is 35.5. The van der Waals surface area contributed by atoms with Gasteiger partial charge in [-0.15, -0.1) is 12.4 Å². The van der Waals surface area contributed by atoms with Crippen molar-refractivity contribution in [1.29, 1.82) is 0 Å². The Morgan fingerprint density at radius 3 is 3.00 bits per heavy atom. The zero-order valence-electron chi connectivity index (χ0n) is 11.6. The van der Waals surface area contributed by atoms with Gasteiger partial charge in [0.15, 0.2) is 0 Å². The van der Waals surface area contributed by atoms with Gasteiger partial charge in [-0.1, -0.05) is 18.2 Å². The number of rotatable bonds is 5. The van der Waals surface area contributed by atoms with Crippen LogP contribution in [0.2, 0.25) is 0 Å². The number of amides is 1. The van der Waals surface area contributed by atoms with E-state index in [-0.39, 0.29) is 24.4 Å². The molecule has 112 valence electrons. The summed E-state index contributed by atoms with van der Waals surface area (Å²) in [6.45, 7) is 2.74. The predicted octanol–water partition coefficient (Wildman–Crippen LogP) is 1.11. The monoisotopic (exact) mass is 300 g/mol. The molecule has 0 radical (unpaired) electrons. The number of methoxy groups -OCH3 is 1. The fourth-order valence-electron chi connectivity index (χ4n) is 2.07. The zero-order valence-corrected chi connectivity index (χ0v) is 12.4. The Hall–Kier alpha value is -1.30. The van der Waals surface area contributed by atoms with E-state index in [1.165, 1.54) is 0 Å². The Bertz CT molecular complexity index is 423. The Morgan fingerprint density at radius 2 is 2.30 bits per heavy atom. The maximum atomic E-state index is 11.8. The minimum absolute atomic E-state index is 0. The minimum atomic E-state index is -0.0218. The van der Waals surface area contributed by atoms with Crippen LogP contribution in [0.15, 0.2) is 24.3 Å². The van der Waals surface area contributed by atoms with Gasteiger partial charge in [0.25, 0.3) is 0 Å². The van der Waals surface area contributed by atoms with E-state index in [1.54, 1.807) is 7.11 Å². The van der Waals surface area contributed by atoms with Crippen LogP contribution in [0.4, 0.5) is 0 Å². The van der Waals surface area contributed by atoms with Gasteiger partial charge in [0.1, 0.15) is 5.75 Å². The summed E-state index contributed by atoms with van der Waals surface area (Å²) in [5.74, 6) is 0.790. The van der Waals surface area contributed by atoms with Crippen molar-refractivity contribution in [3.63, 3.8) is 0 Å². The quantitative estimate of drug-likeness (QED) is 0.855. The van der Waals surface area contributed by atoms with Crippen molar-refractivity contribution in [3.05, 3.63) is 29.8 Å². The van der Waals surface area contributed by atoms with Crippen LogP contribution in [0.5, 0.6) is 5.75 Å². The molecule has 1 amide bonds.